The molecule has 0 aromatic heterocycles. The average molecular weight is 444 g/mol. The zero-order chi connectivity index (χ0) is 23.3. The number of fused-ring (bicyclic) bond motifs is 1. The minimum absolute atomic E-state index is 0.0408. The Hall–Kier alpha value is -3.76. The highest BCUT2D eigenvalue weighted by Crippen LogP contribution is 2.29. The molecular weight excluding hydrogens is 420 g/mol. The van der Waals surface area contributed by atoms with E-state index in [1.165, 1.54) is 6.07 Å². The standard InChI is InChI=1S/C21H24N4O7/c26-15(7-2-1-3-10-22-21(31)32)23-11-12-5-4-6-13-17(12)20(30)25(19(13)29)14-8-9-16(27)24-18(14)28/h4-6,14,22H,1-3,7-11H2,(H,23,26)(H,31,32)(H,24,27,28). The van der Waals surface area contributed by atoms with Crippen LogP contribution in [-0.2, 0) is 20.9 Å². The van der Waals surface area contributed by atoms with Crippen molar-refractivity contribution in [3.05, 3.63) is 34.9 Å². The average Bonchev–Trinajstić information content (AvgIpc) is 3.00. The van der Waals surface area contributed by atoms with Crippen LogP contribution in [0, 0.1) is 0 Å². The minimum atomic E-state index is -1.08. The fraction of sp³-hybridized carbons (Fsp3) is 0.429. The molecule has 2 heterocycles. The van der Waals surface area contributed by atoms with E-state index in [4.69, 9.17) is 5.11 Å². The van der Waals surface area contributed by atoms with Crippen LogP contribution >= 0.6 is 0 Å². The van der Waals surface area contributed by atoms with Gasteiger partial charge in [0.15, 0.2) is 0 Å². The normalized spacial score (nSPS) is 17.8. The molecule has 1 fully saturated rings. The number of imide groups is 2. The van der Waals surface area contributed by atoms with Gasteiger partial charge in [0.05, 0.1) is 11.1 Å². The maximum absolute atomic E-state index is 13.0. The minimum Gasteiger partial charge on any atom is -0.465 e. The molecule has 11 nitrogen and oxygen atoms in total. The fourth-order valence-corrected chi connectivity index (χ4v) is 3.80. The van der Waals surface area contributed by atoms with Gasteiger partial charge in [-0.05, 0) is 30.9 Å². The lowest BCUT2D eigenvalue weighted by Gasteiger charge is -2.27. The Kier molecular flexibility index (Phi) is 7.18. The van der Waals surface area contributed by atoms with Gasteiger partial charge in [0, 0.05) is 25.9 Å². The molecule has 0 radical (unpaired) electrons. The van der Waals surface area contributed by atoms with Gasteiger partial charge in [-0.25, -0.2) is 4.79 Å². The Labute approximate surface area is 183 Å². The molecule has 0 bridgehead atoms. The third-order valence-corrected chi connectivity index (χ3v) is 5.39. The Balaban J connectivity index is 1.58. The van der Waals surface area contributed by atoms with Crippen molar-refractivity contribution < 1.29 is 33.9 Å². The fourth-order valence-electron chi connectivity index (χ4n) is 3.80. The highest BCUT2D eigenvalue weighted by molar-refractivity contribution is 6.24. The smallest absolute Gasteiger partial charge is 0.404 e. The Morgan fingerprint density at radius 1 is 1.06 bits per heavy atom. The molecule has 3 rings (SSSR count). The molecule has 4 N–H and O–H groups in total. The lowest BCUT2D eigenvalue weighted by molar-refractivity contribution is -0.136. The monoisotopic (exact) mass is 444 g/mol. The van der Waals surface area contributed by atoms with Crippen molar-refractivity contribution in [3.63, 3.8) is 0 Å². The third kappa shape index (κ3) is 5.10. The largest absolute Gasteiger partial charge is 0.465 e. The SMILES string of the molecule is O=C(O)NCCCCCC(=O)NCc1cccc2c1C(=O)N(C1CCC(=O)NC1=O)C2=O. The first kappa shape index (κ1) is 22.9. The second kappa shape index (κ2) is 10.0. The first-order valence-electron chi connectivity index (χ1n) is 10.4. The van der Waals surface area contributed by atoms with Crippen molar-refractivity contribution in [2.24, 2.45) is 0 Å². The summed E-state index contributed by atoms with van der Waals surface area (Å²) < 4.78 is 0. The summed E-state index contributed by atoms with van der Waals surface area (Å²) in [7, 11) is 0. The van der Waals surface area contributed by atoms with Crippen molar-refractivity contribution in [2.45, 2.75) is 51.1 Å². The molecule has 1 unspecified atom stereocenters. The van der Waals surface area contributed by atoms with Crippen LogP contribution in [0.4, 0.5) is 4.79 Å². The molecule has 1 aromatic carbocycles. The highest BCUT2D eigenvalue weighted by Gasteiger charge is 2.45. The molecule has 2 aliphatic heterocycles. The number of nitrogens with zero attached hydrogens (tertiary/aromatic N) is 1. The number of rotatable bonds is 9. The van der Waals surface area contributed by atoms with E-state index in [0.29, 0.717) is 31.4 Å². The molecule has 1 atom stereocenters. The summed E-state index contributed by atoms with van der Waals surface area (Å²) >= 11 is 0. The second-order valence-corrected chi connectivity index (χ2v) is 7.61. The van der Waals surface area contributed by atoms with Gasteiger partial charge in [0.2, 0.25) is 17.7 Å². The van der Waals surface area contributed by atoms with Crippen LogP contribution < -0.4 is 16.0 Å². The van der Waals surface area contributed by atoms with Crippen LogP contribution in [0.15, 0.2) is 18.2 Å². The number of piperidine rings is 1. The number of unbranched alkanes of at least 4 members (excludes halogenated alkanes) is 2. The number of amides is 6. The zero-order valence-electron chi connectivity index (χ0n) is 17.3. The summed E-state index contributed by atoms with van der Waals surface area (Å²) in [6.07, 6.45) is 1.17. The summed E-state index contributed by atoms with van der Waals surface area (Å²) in [6.45, 7) is 0.373. The first-order chi connectivity index (χ1) is 15.3. The Morgan fingerprint density at radius 3 is 2.56 bits per heavy atom. The van der Waals surface area contributed by atoms with Crippen LogP contribution in [-0.4, -0.2) is 58.2 Å². The van der Waals surface area contributed by atoms with Crippen molar-refractivity contribution in [2.75, 3.05) is 6.54 Å². The van der Waals surface area contributed by atoms with Crippen molar-refractivity contribution in [1.29, 1.82) is 0 Å². The predicted molar refractivity (Wildman–Crippen MR) is 109 cm³/mol. The maximum Gasteiger partial charge on any atom is 0.404 e. The molecule has 170 valence electrons. The van der Waals surface area contributed by atoms with Crippen molar-refractivity contribution in [1.82, 2.24) is 20.9 Å². The summed E-state index contributed by atoms with van der Waals surface area (Å²) in [5, 5.41) is 15.6. The second-order valence-electron chi connectivity index (χ2n) is 7.61. The van der Waals surface area contributed by atoms with E-state index in [2.05, 4.69) is 16.0 Å². The van der Waals surface area contributed by atoms with Crippen LogP contribution in [0.2, 0.25) is 0 Å². The number of hydrogen-bond donors (Lipinski definition) is 4. The van der Waals surface area contributed by atoms with Gasteiger partial charge in [-0.2, -0.15) is 0 Å². The summed E-state index contributed by atoms with van der Waals surface area (Å²) in [5.41, 5.74) is 0.786. The highest BCUT2D eigenvalue weighted by atomic mass is 16.4. The van der Waals surface area contributed by atoms with Crippen molar-refractivity contribution >= 4 is 35.6 Å². The van der Waals surface area contributed by atoms with E-state index in [-0.39, 0.29) is 42.8 Å². The van der Waals surface area contributed by atoms with E-state index in [0.717, 1.165) is 4.90 Å². The van der Waals surface area contributed by atoms with Gasteiger partial charge >= 0.3 is 6.09 Å². The summed E-state index contributed by atoms with van der Waals surface area (Å²) in [5.74, 6) is -2.56. The van der Waals surface area contributed by atoms with Crippen LogP contribution in [0.3, 0.4) is 0 Å². The zero-order valence-corrected chi connectivity index (χ0v) is 17.3. The molecule has 0 saturated carbocycles. The van der Waals surface area contributed by atoms with E-state index in [1.54, 1.807) is 12.1 Å². The Bertz CT molecular complexity index is 975. The lowest BCUT2D eigenvalue weighted by Crippen LogP contribution is -2.54. The van der Waals surface area contributed by atoms with Gasteiger partial charge in [-0.15, -0.1) is 0 Å². The van der Waals surface area contributed by atoms with Gasteiger partial charge in [-0.1, -0.05) is 18.6 Å². The predicted octanol–water partition coefficient (Wildman–Crippen LogP) is 0.532. The maximum atomic E-state index is 13.0. The van der Waals surface area contributed by atoms with Gasteiger partial charge in [0.1, 0.15) is 6.04 Å². The molecule has 32 heavy (non-hydrogen) atoms. The van der Waals surface area contributed by atoms with Gasteiger partial charge in [0.25, 0.3) is 11.8 Å². The van der Waals surface area contributed by atoms with Crippen LogP contribution in [0.25, 0.3) is 0 Å². The number of carbonyl (C=O) groups excluding carboxylic acids is 5. The van der Waals surface area contributed by atoms with E-state index < -0.39 is 35.8 Å². The van der Waals surface area contributed by atoms with E-state index in [1.807, 2.05) is 0 Å². The van der Waals surface area contributed by atoms with Crippen molar-refractivity contribution in [3.8, 4) is 0 Å². The molecule has 11 heteroatoms. The van der Waals surface area contributed by atoms with Crippen LogP contribution in [0.1, 0.15) is 64.8 Å². The van der Waals surface area contributed by atoms with Gasteiger partial charge in [-0.3, -0.25) is 34.2 Å². The summed E-state index contributed by atoms with van der Waals surface area (Å²) in [6, 6.07) is 3.70. The first-order valence-corrected chi connectivity index (χ1v) is 10.4. The van der Waals surface area contributed by atoms with E-state index >= 15 is 0 Å². The number of carboxylic acid groups (broad SMARTS) is 1. The molecule has 0 aliphatic carbocycles. The number of carbonyl (C=O) groups is 6. The quantitative estimate of drug-likeness (QED) is 0.319. The van der Waals surface area contributed by atoms with Gasteiger partial charge < -0.3 is 15.7 Å². The molecule has 1 aromatic rings. The number of benzene rings is 1. The third-order valence-electron chi connectivity index (χ3n) is 5.39. The number of nitrogens with one attached hydrogen (secondary N) is 3. The van der Waals surface area contributed by atoms with E-state index in [9.17, 15) is 28.8 Å². The molecule has 1 saturated heterocycles. The molecule has 0 spiro atoms. The topological polar surface area (TPSA) is 162 Å². The summed E-state index contributed by atoms with van der Waals surface area (Å²) in [4.78, 5) is 72.7. The number of hydrogen-bond acceptors (Lipinski definition) is 6. The van der Waals surface area contributed by atoms with Crippen LogP contribution in [0.5, 0.6) is 0 Å². The molecule has 6 amide bonds. The molecule has 2 aliphatic rings. The lowest BCUT2D eigenvalue weighted by atomic mass is 10.0. The Morgan fingerprint density at radius 2 is 1.84 bits per heavy atom. The molecular formula is C21H24N4O7.